The van der Waals surface area contributed by atoms with Crippen LogP contribution in [-0.4, -0.2) is 74.8 Å². The SMILES string of the molecule is CCOc1nc(CN)ccc1OC.CCOc1nc(I)ccc1OC.CC[O-].COc1ccc(I)nc1Br.Cl.Cl.[C-]#N.[C-]#[N+]c1ccc(OC)c(OCC)n1.[Cu+].[Na+]. The zero-order chi connectivity index (χ0) is 40.6. The van der Waals surface area contributed by atoms with E-state index >= 15 is 0 Å². The molecule has 0 atom stereocenters. The van der Waals surface area contributed by atoms with Crippen LogP contribution >= 0.6 is 85.9 Å². The monoisotopic (exact) mass is 1180 g/mol. The largest absolute Gasteiger partial charge is 1.00 e. The molecule has 0 aliphatic rings. The summed E-state index contributed by atoms with van der Waals surface area (Å²) in [5.41, 5.74) is 6.24. The summed E-state index contributed by atoms with van der Waals surface area (Å²) < 4.78 is 38.5. The Hall–Kier alpha value is -1.86. The Labute approximate surface area is 417 Å². The van der Waals surface area contributed by atoms with E-state index in [9.17, 15) is 0 Å². The maximum atomic E-state index is 8.93. The number of hydrogen-bond donors (Lipinski definition) is 1. The molecule has 0 saturated heterocycles. The summed E-state index contributed by atoms with van der Waals surface area (Å²) >= 11 is 7.54. The third kappa shape index (κ3) is 29.1. The number of hydrogen-bond acceptors (Lipinski definition) is 14. The van der Waals surface area contributed by atoms with Crippen LogP contribution in [0, 0.1) is 25.8 Å². The van der Waals surface area contributed by atoms with E-state index in [2.05, 4.69) is 85.9 Å². The van der Waals surface area contributed by atoms with Crippen LogP contribution < -0.4 is 73.6 Å². The third-order valence-corrected chi connectivity index (χ3v) is 7.08. The summed E-state index contributed by atoms with van der Waals surface area (Å²) in [5, 5.41) is 15.2. The number of halogens is 5. The van der Waals surface area contributed by atoms with Crippen molar-refractivity contribution in [1.82, 2.24) is 19.9 Å². The normalized spacial score (nSPS) is 8.32. The van der Waals surface area contributed by atoms with Gasteiger partial charge in [-0.2, -0.15) is 0 Å². The Bertz CT molecular complexity index is 1680. The molecule has 0 fully saturated rings. The van der Waals surface area contributed by atoms with Crippen LogP contribution in [0.4, 0.5) is 5.82 Å². The van der Waals surface area contributed by atoms with Crippen LogP contribution in [0.2, 0.25) is 0 Å². The summed E-state index contributed by atoms with van der Waals surface area (Å²) in [5.74, 6) is 4.38. The van der Waals surface area contributed by atoms with E-state index in [0.717, 1.165) is 23.4 Å². The number of nitrogens with zero attached hydrogens (tertiary/aromatic N) is 6. The van der Waals surface area contributed by atoms with E-state index in [1.54, 1.807) is 46.5 Å². The van der Waals surface area contributed by atoms with Crippen molar-refractivity contribution in [3.63, 3.8) is 0 Å². The van der Waals surface area contributed by atoms with Gasteiger partial charge in [0.25, 0.3) is 17.6 Å². The van der Waals surface area contributed by atoms with Gasteiger partial charge in [0.15, 0.2) is 17.2 Å². The topological polar surface area (TPSA) is 193 Å². The molecule has 2 N–H and O–H groups in total. The molecule has 0 aliphatic carbocycles. The fourth-order valence-corrected chi connectivity index (χ4v) is 4.84. The molecule has 0 unspecified atom stereocenters. The van der Waals surface area contributed by atoms with Gasteiger partial charge in [0.1, 0.15) is 12.0 Å². The molecule has 0 spiro atoms. The average Bonchev–Trinajstić information content (AvgIpc) is 3.17. The van der Waals surface area contributed by atoms with Crippen molar-refractivity contribution in [3.8, 4) is 40.6 Å². The number of nitrogens with two attached hydrogens (primary N) is 1. The molecular formula is C35H46BrCl2CuI2N7NaO8. The summed E-state index contributed by atoms with van der Waals surface area (Å²) in [6.07, 6.45) is 0. The van der Waals surface area contributed by atoms with E-state index in [1.165, 1.54) is 7.11 Å². The van der Waals surface area contributed by atoms with Gasteiger partial charge in [-0.15, -0.1) is 31.4 Å². The predicted octanol–water partition coefficient (Wildman–Crippen LogP) is 4.85. The minimum Gasteiger partial charge on any atom is -0.855 e. The summed E-state index contributed by atoms with van der Waals surface area (Å²) in [4.78, 5) is 19.6. The number of ether oxygens (including phenoxy) is 7. The second-order valence-corrected chi connectivity index (χ2v) is 11.6. The smallest absolute Gasteiger partial charge is 0.855 e. The Morgan fingerprint density at radius 3 is 1.39 bits per heavy atom. The third-order valence-electron chi connectivity index (χ3n) is 5.31. The molecule has 0 amide bonds. The number of rotatable bonds is 11. The Kier molecular flexibility index (Phi) is 51.3. The van der Waals surface area contributed by atoms with Gasteiger partial charge < -0.3 is 60.7 Å². The van der Waals surface area contributed by atoms with Gasteiger partial charge in [-0.3, -0.25) is 0 Å². The molecule has 4 heterocycles. The second kappa shape index (κ2) is 43.7. The molecule has 0 aromatic carbocycles. The van der Waals surface area contributed by atoms with Crippen LogP contribution in [0.25, 0.3) is 4.85 Å². The standard InChI is InChI=1S/C9H10N2O2.C9H14N2O2.C8H10INO2.C6H5BrINO.C2H5O.CN.2ClH.Cu.Na/c1-4-13-9-7(12-3)5-6-8(10-2)11-9;1-3-13-9-8(12-2)5-4-7(6-10)11-9;1-3-12-8-6(11-2)4-5-7(9)10-8;1-10-4-2-3-5(8)9-6(4)7;1-2-3;1-2;;;;/h5-6H,4H2,1,3H3;4-5H,3,6,10H2,1-2H3;4-5H,3H2,1-2H3;2-3H,1H3;2H2,1H3;;2*1H;;/q;;;;2*-1;;;2*+1. The molecule has 22 heteroatoms. The van der Waals surface area contributed by atoms with Crippen LogP contribution in [0.3, 0.4) is 0 Å². The molecular weight excluding hydrogens is 1140 g/mol. The van der Waals surface area contributed by atoms with Crippen molar-refractivity contribution < 1.29 is 84.9 Å². The second-order valence-electron chi connectivity index (χ2n) is 8.66. The van der Waals surface area contributed by atoms with Crippen LogP contribution in [0.1, 0.15) is 33.4 Å². The van der Waals surface area contributed by atoms with Crippen molar-refractivity contribution in [2.75, 3.05) is 54.9 Å². The molecule has 0 radical (unpaired) electrons. The molecule has 15 nitrogen and oxygen atoms in total. The van der Waals surface area contributed by atoms with Gasteiger partial charge in [-0.25, -0.2) is 15.0 Å². The van der Waals surface area contributed by atoms with Crippen molar-refractivity contribution in [2.45, 2.75) is 34.2 Å². The number of pyridine rings is 4. The molecule has 0 bridgehead atoms. The number of aromatic nitrogens is 4. The van der Waals surface area contributed by atoms with Gasteiger partial charge in [0, 0.05) is 6.54 Å². The first-order chi connectivity index (χ1) is 25.5. The summed E-state index contributed by atoms with van der Waals surface area (Å²) in [6, 6.07) is 14.4. The molecule has 0 saturated carbocycles. The number of methoxy groups -OCH3 is 4. The van der Waals surface area contributed by atoms with Gasteiger partial charge in [-0.1, -0.05) is 18.5 Å². The van der Waals surface area contributed by atoms with Crippen molar-refractivity contribution >= 4 is 91.7 Å². The van der Waals surface area contributed by atoms with E-state index in [1.807, 2.05) is 51.1 Å². The first-order valence-corrected chi connectivity index (χ1v) is 18.4. The minimum absolute atomic E-state index is 0. The molecule has 4 rings (SSSR count). The van der Waals surface area contributed by atoms with Crippen LogP contribution in [-0.2, 0) is 23.6 Å². The molecule has 4 aromatic heterocycles. The average molecular weight is 1180 g/mol. The molecule has 316 valence electrons. The zero-order valence-corrected chi connectivity index (χ0v) is 43.4. The first-order valence-electron chi connectivity index (χ1n) is 15.5. The summed E-state index contributed by atoms with van der Waals surface area (Å²) in [6.45, 7) is 20.8. The minimum atomic E-state index is 0. The molecule has 4 aromatic rings. The Morgan fingerprint density at radius 1 is 0.667 bits per heavy atom. The van der Waals surface area contributed by atoms with Crippen molar-refractivity contribution in [1.29, 1.82) is 5.26 Å². The van der Waals surface area contributed by atoms with Gasteiger partial charge in [0.2, 0.25) is 5.75 Å². The predicted molar refractivity (Wildman–Crippen MR) is 234 cm³/mol. The Balaban J connectivity index is -0.000000144. The van der Waals surface area contributed by atoms with Crippen LogP contribution in [0.5, 0.6) is 40.6 Å². The van der Waals surface area contributed by atoms with Crippen molar-refractivity contribution in [2.24, 2.45) is 5.73 Å². The van der Waals surface area contributed by atoms with Gasteiger partial charge in [0.05, 0.1) is 54.0 Å². The maximum absolute atomic E-state index is 8.93. The fraction of sp³-hybridized carbons (Fsp3) is 0.371. The summed E-state index contributed by atoms with van der Waals surface area (Å²) in [7, 11) is 6.35. The first kappa shape index (κ1) is 66.9. The van der Waals surface area contributed by atoms with E-state index in [0.29, 0.717) is 67.1 Å². The molecule has 0 aliphatic heterocycles. The van der Waals surface area contributed by atoms with Crippen molar-refractivity contribution in [3.05, 3.63) is 84.2 Å². The maximum Gasteiger partial charge on any atom is 1.00 e. The Morgan fingerprint density at radius 2 is 1.02 bits per heavy atom. The van der Waals surface area contributed by atoms with E-state index < -0.39 is 0 Å². The van der Waals surface area contributed by atoms with E-state index in [-0.39, 0.29) is 78.0 Å². The zero-order valence-electron chi connectivity index (χ0n) is 32.9. The van der Waals surface area contributed by atoms with Crippen LogP contribution in [0.15, 0.2) is 53.1 Å². The van der Waals surface area contributed by atoms with Gasteiger partial charge in [-0.05, 0) is 130 Å². The van der Waals surface area contributed by atoms with Gasteiger partial charge >= 0.3 is 52.5 Å². The van der Waals surface area contributed by atoms with E-state index in [4.69, 9.17) is 62.4 Å². The molecule has 57 heavy (non-hydrogen) atoms. The fourth-order valence-electron chi connectivity index (χ4n) is 3.20. The quantitative estimate of drug-likeness (QED) is 0.0928.